The quantitative estimate of drug-likeness (QED) is 0.643. The average molecular weight is 473 g/mol. The van der Waals surface area contributed by atoms with Gasteiger partial charge < -0.3 is 19.4 Å². The van der Waals surface area contributed by atoms with Gasteiger partial charge in [-0.05, 0) is 43.2 Å². The number of rotatable bonds is 6. The zero-order valence-electron chi connectivity index (χ0n) is 19.5. The number of piperazine rings is 1. The first kappa shape index (κ1) is 23.4. The fourth-order valence-electron chi connectivity index (χ4n) is 4.50. The molecule has 0 bridgehead atoms. The van der Waals surface area contributed by atoms with Crippen molar-refractivity contribution >= 4 is 27.3 Å². The molecule has 0 unspecified atom stereocenters. The Kier molecular flexibility index (Phi) is 6.81. The van der Waals surface area contributed by atoms with Gasteiger partial charge in [0.05, 0.1) is 23.3 Å². The number of ether oxygens (including phenoxy) is 1. The van der Waals surface area contributed by atoms with Crippen LogP contribution in [0.4, 0.5) is 11.4 Å². The van der Waals surface area contributed by atoms with Gasteiger partial charge in [0.25, 0.3) is 5.91 Å². The molecule has 0 aliphatic carbocycles. The first-order valence-corrected chi connectivity index (χ1v) is 12.8. The smallest absolute Gasteiger partial charge is 0.256 e. The maximum atomic E-state index is 13.6. The summed E-state index contributed by atoms with van der Waals surface area (Å²) in [4.78, 5) is 20.0. The summed E-state index contributed by atoms with van der Waals surface area (Å²) in [7, 11) is 1.03. The minimum atomic E-state index is -3.63. The number of amides is 1. The predicted molar refractivity (Wildman–Crippen MR) is 130 cm³/mol. The van der Waals surface area contributed by atoms with Gasteiger partial charge in [-0.2, -0.15) is 0 Å². The standard InChI is InChI=1S/C24H32N4O4S/c1-25(2)33(30,31)19-10-11-21(26-12-6-7-13-26)20(18-19)24(29)28-16-14-27(15-17-28)22-8-4-5-9-23(22)32-3/h4-5,8-11,18H,6-7,12-17H2,1-3H3. The van der Waals surface area contributed by atoms with Gasteiger partial charge in [-0.3, -0.25) is 4.79 Å². The van der Waals surface area contributed by atoms with Crippen molar-refractivity contribution in [2.45, 2.75) is 17.7 Å². The molecule has 4 rings (SSSR count). The molecular weight excluding hydrogens is 440 g/mol. The van der Waals surface area contributed by atoms with Gasteiger partial charge in [-0.25, -0.2) is 12.7 Å². The highest BCUT2D eigenvalue weighted by molar-refractivity contribution is 7.89. The Morgan fingerprint density at radius 3 is 2.15 bits per heavy atom. The Labute approximate surface area is 196 Å². The van der Waals surface area contributed by atoms with E-state index < -0.39 is 10.0 Å². The lowest BCUT2D eigenvalue weighted by Gasteiger charge is -2.37. The van der Waals surface area contributed by atoms with E-state index in [0.29, 0.717) is 31.7 Å². The number of nitrogens with zero attached hydrogens (tertiary/aromatic N) is 4. The number of methoxy groups -OCH3 is 1. The van der Waals surface area contributed by atoms with E-state index in [1.54, 1.807) is 25.3 Å². The van der Waals surface area contributed by atoms with Gasteiger partial charge >= 0.3 is 0 Å². The van der Waals surface area contributed by atoms with Crippen molar-refractivity contribution in [3.8, 4) is 5.75 Å². The van der Waals surface area contributed by atoms with Gasteiger partial charge in [0.2, 0.25) is 10.0 Å². The third-order valence-electron chi connectivity index (χ3n) is 6.42. The summed E-state index contributed by atoms with van der Waals surface area (Å²) in [6, 6.07) is 12.8. The highest BCUT2D eigenvalue weighted by Crippen LogP contribution is 2.31. The maximum Gasteiger partial charge on any atom is 0.256 e. The molecule has 2 aliphatic rings. The summed E-state index contributed by atoms with van der Waals surface area (Å²) in [5.74, 6) is 0.697. The van der Waals surface area contributed by atoms with Crippen LogP contribution >= 0.6 is 0 Å². The van der Waals surface area contributed by atoms with Crippen LogP contribution < -0.4 is 14.5 Å². The third kappa shape index (κ3) is 4.65. The molecule has 0 saturated carbocycles. The number of hydrogen-bond acceptors (Lipinski definition) is 6. The van der Waals surface area contributed by atoms with Gasteiger partial charge in [0.1, 0.15) is 5.75 Å². The molecular formula is C24H32N4O4S. The Bertz CT molecular complexity index is 1110. The van der Waals surface area contributed by atoms with Gasteiger partial charge in [0.15, 0.2) is 0 Å². The zero-order valence-corrected chi connectivity index (χ0v) is 20.3. The number of carbonyl (C=O) groups excluding carboxylic acids is 1. The fraction of sp³-hybridized carbons (Fsp3) is 0.458. The summed E-state index contributed by atoms with van der Waals surface area (Å²) in [5.41, 5.74) is 2.30. The van der Waals surface area contributed by atoms with E-state index in [-0.39, 0.29) is 10.8 Å². The van der Waals surface area contributed by atoms with Crippen LogP contribution in [0.15, 0.2) is 47.4 Å². The summed E-state index contributed by atoms with van der Waals surface area (Å²) < 4.78 is 32.2. The first-order valence-electron chi connectivity index (χ1n) is 11.3. The molecule has 0 atom stereocenters. The molecule has 0 spiro atoms. The molecule has 2 fully saturated rings. The van der Waals surface area contributed by atoms with Crippen molar-refractivity contribution in [1.29, 1.82) is 0 Å². The van der Waals surface area contributed by atoms with Gasteiger partial charge in [-0.15, -0.1) is 0 Å². The van der Waals surface area contributed by atoms with Crippen LogP contribution in [0.25, 0.3) is 0 Å². The Balaban J connectivity index is 1.59. The molecule has 0 aromatic heterocycles. The normalized spacial score (nSPS) is 17.0. The highest BCUT2D eigenvalue weighted by atomic mass is 32.2. The molecule has 2 saturated heterocycles. The minimum absolute atomic E-state index is 0.118. The van der Waals surface area contributed by atoms with Crippen LogP contribution in [0.5, 0.6) is 5.75 Å². The SMILES string of the molecule is COc1ccccc1N1CCN(C(=O)c2cc(S(=O)(=O)N(C)C)ccc2N2CCCC2)CC1. The van der Waals surface area contributed by atoms with E-state index in [0.717, 1.165) is 43.1 Å². The molecule has 0 radical (unpaired) electrons. The number of anilines is 2. The highest BCUT2D eigenvalue weighted by Gasteiger charge is 2.29. The van der Waals surface area contributed by atoms with Crippen LogP contribution in [0.3, 0.4) is 0 Å². The molecule has 178 valence electrons. The summed E-state index contributed by atoms with van der Waals surface area (Å²) >= 11 is 0. The van der Waals surface area contributed by atoms with Crippen molar-refractivity contribution in [1.82, 2.24) is 9.21 Å². The fourth-order valence-corrected chi connectivity index (χ4v) is 5.43. The zero-order chi connectivity index (χ0) is 23.6. The van der Waals surface area contributed by atoms with Gasteiger partial charge in [0, 0.05) is 59.1 Å². The minimum Gasteiger partial charge on any atom is -0.495 e. The van der Waals surface area contributed by atoms with E-state index in [2.05, 4.69) is 9.80 Å². The molecule has 2 heterocycles. The summed E-state index contributed by atoms with van der Waals surface area (Å²) in [6.45, 7) is 4.23. The second-order valence-electron chi connectivity index (χ2n) is 8.61. The predicted octanol–water partition coefficient (Wildman–Crippen LogP) is 2.51. The molecule has 2 aromatic rings. The Morgan fingerprint density at radius 2 is 1.52 bits per heavy atom. The van der Waals surface area contributed by atoms with Crippen molar-refractivity contribution in [3.63, 3.8) is 0 Å². The second kappa shape index (κ2) is 9.61. The number of para-hydroxylation sites is 2. The molecule has 1 amide bonds. The molecule has 8 nitrogen and oxygen atoms in total. The van der Waals surface area contributed by atoms with E-state index in [1.165, 1.54) is 18.4 Å². The second-order valence-corrected chi connectivity index (χ2v) is 10.8. The van der Waals surface area contributed by atoms with Crippen molar-refractivity contribution < 1.29 is 17.9 Å². The van der Waals surface area contributed by atoms with Crippen molar-refractivity contribution in [2.75, 3.05) is 70.3 Å². The summed E-state index contributed by atoms with van der Waals surface area (Å²) in [5, 5.41) is 0. The van der Waals surface area contributed by atoms with Crippen LogP contribution in [0, 0.1) is 0 Å². The van der Waals surface area contributed by atoms with Crippen LogP contribution in [0.2, 0.25) is 0 Å². The number of carbonyl (C=O) groups is 1. The van der Waals surface area contributed by atoms with E-state index in [1.807, 2.05) is 29.2 Å². The number of sulfonamides is 1. The number of benzene rings is 2. The molecule has 2 aromatic carbocycles. The van der Waals surface area contributed by atoms with Crippen LogP contribution in [-0.4, -0.2) is 84.0 Å². The maximum absolute atomic E-state index is 13.6. The van der Waals surface area contributed by atoms with Gasteiger partial charge in [-0.1, -0.05) is 12.1 Å². The van der Waals surface area contributed by atoms with Crippen LogP contribution in [-0.2, 0) is 10.0 Å². The van der Waals surface area contributed by atoms with E-state index >= 15 is 0 Å². The molecule has 33 heavy (non-hydrogen) atoms. The monoisotopic (exact) mass is 472 g/mol. The lowest BCUT2D eigenvalue weighted by atomic mass is 10.1. The number of hydrogen-bond donors (Lipinski definition) is 0. The Hall–Kier alpha value is -2.78. The lowest BCUT2D eigenvalue weighted by molar-refractivity contribution is 0.0747. The van der Waals surface area contributed by atoms with E-state index in [4.69, 9.17) is 4.74 Å². The largest absolute Gasteiger partial charge is 0.495 e. The molecule has 9 heteroatoms. The Morgan fingerprint density at radius 1 is 0.879 bits per heavy atom. The lowest BCUT2D eigenvalue weighted by Crippen LogP contribution is -2.49. The summed E-state index contributed by atoms with van der Waals surface area (Å²) in [6.07, 6.45) is 2.14. The topological polar surface area (TPSA) is 73.4 Å². The van der Waals surface area contributed by atoms with Crippen LogP contribution in [0.1, 0.15) is 23.2 Å². The van der Waals surface area contributed by atoms with Crippen molar-refractivity contribution in [3.05, 3.63) is 48.0 Å². The molecule has 2 aliphatic heterocycles. The van der Waals surface area contributed by atoms with Crippen molar-refractivity contribution in [2.24, 2.45) is 0 Å². The van der Waals surface area contributed by atoms with E-state index in [9.17, 15) is 13.2 Å². The average Bonchev–Trinajstić information content (AvgIpc) is 3.38. The molecule has 0 N–H and O–H groups in total. The third-order valence-corrected chi connectivity index (χ3v) is 8.23. The first-order chi connectivity index (χ1) is 15.8.